The van der Waals surface area contributed by atoms with Crippen LogP contribution in [0.4, 0.5) is 0 Å². The number of oxazole rings is 1. The van der Waals surface area contributed by atoms with E-state index in [1.165, 1.54) is 18.0 Å². The van der Waals surface area contributed by atoms with Crippen molar-refractivity contribution in [2.75, 3.05) is 5.75 Å². The summed E-state index contributed by atoms with van der Waals surface area (Å²) in [5, 5.41) is 13.5. The summed E-state index contributed by atoms with van der Waals surface area (Å²) in [7, 11) is 0. The molecule has 0 unspecified atom stereocenters. The molecule has 0 spiro atoms. The Hall–Kier alpha value is -2.80. The molecule has 1 aromatic heterocycles. The third-order valence-corrected chi connectivity index (χ3v) is 3.73. The molecule has 3 rings (SSSR count). The summed E-state index contributed by atoms with van der Waals surface area (Å²) in [6, 6.07) is 13.9. The second kappa shape index (κ2) is 6.97. The number of carbonyl (C=O) groups excluding carboxylic acids is 1. The first kappa shape index (κ1) is 15.1. The lowest BCUT2D eigenvalue weighted by atomic mass is 10.2. The van der Waals surface area contributed by atoms with Crippen molar-refractivity contribution in [1.29, 1.82) is 0 Å². The normalized spacial score (nSPS) is 11.1. The minimum Gasteiger partial charge on any atom is -0.508 e. The number of carbonyl (C=O) groups is 1. The number of fused-ring (bicyclic) bond motifs is 1. The second-order valence-electron chi connectivity index (χ2n) is 4.62. The van der Waals surface area contributed by atoms with Crippen molar-refractivity contribution in [3.05, 3.63) is 54.1 Å². The van der Waals surface area contributed by atoms with Crippen molar-refractivity contribution < 1.29 is 14.3 Å². The molecule has 6 nitrogen and oxygen atoms in total. The van der Waals surface area contributed by atoms with Crippen LogP contribution in [-0.2, 0) is 4.79 Å². The van der Waals surface area contributed by atoms with Crippen molar-refractivity contribution >= 4 is 35.0 Å². The van der Waals surface area contributed by atoms with Gasteiger partial charge in [-0.1, -0.05) is 23.9 Å². The first-order valence-corrected chi connectivity index (χ1v) is 7.78. The van der Waals surface area contributed by atoms with Gasteiger partial charge in [-0.3, -0.25) is 4.79 Å². The fourth-order valence-electron chi connectivity index (χ4n) is 1.81. The number of phenols is 1. The van der Waals surface area contributed by atoms with Gasteiger partial charge in [0.05, 0.1) is 12.0 Å². The number of rotatable bonds is 5. The minimum absolute atomic E-state index is 0.153. The smallest absolute Gasteiger partial charge is 0.257 e. The van der Waals surface area contributed by atoms with E-state index in [1.807, 2.05) is 24.3 Å². The van der Waals surface area contributed by atoms with E-state index in [-0.39, 0.29) is 17.4 Å². The topological polar surface area (TPSA) is 87.7 Å². The van der Waals surface area contributed by atoms with Crippen molar-refractivity contribution in [2.24, 2.45) is 5.10 Å². The zero-order chi connectivity index (χ0) is 16.1. The SMILES string of the molecule is O=C(CSc1nc2ccccc2o1)N/N=C\c1ccc(O)cc1. The highest BCUT2D eigenvalue weighted by molar-refractivity contribution is 7.99. The quantitative estimate of drug-likeness (QED) is 0.427. The molecule has 0 saturated heterocycles. The van der Waals surface area contributed by atoms with E-state index in [4.69, 9.17) is 9.52 Å². The van der Waals surface area contributed by atoms with Gasteiger partial charge < -0.3 is 9.52 Å². The predicted molar refractivity (Wildman–Crippen MR) is 88.6 cm³/mol. The number of nitrogens with zero attached hydrogens (tertiary/aromatic N) is 2. The number of thioether (sulfide) groups is 1. The molecule has 0 bridgehead atoms. The molecule has 0 saturated carbocycles. The minimum atomic E-state index is -0.257. The number of nitrogens with one attached hydrogen (secondary N) is 1. The van der Waals surface area contributed by atoms with Crippen LogP contribution in [0.5, 0.6) is 5.75 Å². The molecule has 7 heteroatoms. The van der Waals surface area contributed by atoms with E-state index in [1.54, 1.807) is 24.3 Å². The molecule has 1 amide bonds. The van der Waals surface area contributed by atoms with Crippen molar-refractivity contribution in [3.8, 4) is 5.75 Å². The Morgan fingerprint density at radius 1 is 1.26 bits per heavy atom. The van der Waals surface area contributed by atoms with Gasteiger partial charge in [0.1, 0.15) is 11.3 Å². The average Bonchev–Trinajstić information content (AvgIpc) is 2.98. The zero-order valence-corrected chi connectivity index (χ0v) is 12.8. The maximum atomic E-state index is 11.7. The van der Waals surface area contributed by atoms with Crippen LogP contribution in [0.3, 0.4) is 0 Å². The van der Waals surface area contributed by atoms with Gasteiger partial charge in [0.15, 0.2) is 5.58 Å². The van der Waals surface area contributed by atoms with E-state index < -0.39 is 0 Å². The number of benzene rings is 2. The Morgan fingerprint density at radius 2 is 2.04 bits per heavy atom. The molecule has 0 radical (unpaired) electrons. The third kappa shape index (κ3) is 4.10. The molecule has 0 aliphatic heterocycles. The van der Waals surface area contributed by atoms with E-state index >= 15 is 0 Å². The summed E-state index contributed by atoms with van der Waals surface area (Å²) < 4.78 is 5.51. The Morgan fingerprint density at radius 3 is 2.83 bits per heavy atom. The van der Waals surface area contributed by atoms with Gasteiger partial charge >= 0.3 is 0 Å². The number of aromatic nitrogens is 1. The summed E-state index contributed by atoms with van der Waals surface area (Å²) in [4.78, 5) is 16.0. The molecular weight excluding hydrogens is 314 g/mol. The lowest BCUT2D eigenvalue weighted by Crippen LogP contribution is -2.19. The number of para-hydroxylation sites is 2. The first-order valence-electron chi connectivity index (χ1n) is 6.80. The zero-order valence-electron chi connectivity index (χ0n) is 12.0. The Kier molecular flexibility index (Phi) is 4.58. The second-order valence-corrected chi connectivity index (χ2v) is 5.55. The number of hydrazone groups is 1. The molecule has 2 N–H and O–H groups in total. The van der Waals surface area contributed by atoms with Gasteiger partial charge in [0, 0.05) is 0 Å². The molecule has 0 aliphatic rings. The molecule has 2 aromatic carbocycles. The summed E-state index contributed by atoms with van der Waals surface area (Å²) >= 11 is 1.21. The van der Waals surface area contributed by atoms with Crippen LogP contribution in [0.2, 0.25) is 0 Å². The van der Waals surface area contributed by atoms with Crippen LogP contribution in [0, 0.1) is 0 Å². The fourth-order valence-corrected chi connectivity index (χ4v) is 2.44. The maximum absolute atomic E-state index is 11.7. The summed E-state index contributed by atoms with van der Waals surface area (Å²) in [5.74, 6) is 0.0768. The molecule has 116 valence electrons. The number of phenolic OH excluding ortho intramolecular Hbond substituents is 1. The van der Waals surface area contributed by atoms with E-state index in [0.29, 0.717) is 10.8 Å². The first-order chi connectivity index (χ1) is 11.2. The number of hydrogen-bond acceptors (Lipinski definition) is 6. The van der Waals surface area contributed by atoms with Gasteiger partial charge in [-0.15, -0.1) is 0 Å². The predicted octanol–water partition coefficient (Wildman–Crippen LogP) is 2.78. The van der Waals surface area contributed by atoms with Crippen LogP contribution in [0.15, 0.2) is 63.3 Å². The summed E-state index contributed by atoms with van der Waals surface area (Å²) in [6.07, 6.45) is 1.50. The molecular formula is C16H13N3O3S. The lowest BCUT2D eigenvalue weighted by Gasteiger charge is -1.97. The highest BCUT2D eigenvalue weighted by Crippen LogP contribution is 2.22. The molecule has 0 atom stereocenters. The standard InChI is InChI=1S/C16H13N3O3S/c20-12-7-5-11(6-8-12)9-17-19-15(21)10-23-16-18-13-3-1-2-4-14(13)22-16/h1-9,20H,10H2,(H,19,21)/b17-9-. The summed E-state index contributed by atoms with van der Waals surface area (Å²) in [6.45, 7) is 0. The maximum Gasteiger partial charge on any atom is 0.257 e. The highest BCUT2D eigenvalue weighted by atomic mass is 32.2. The number of aromatic hydroxyl groups is 1. The van der Waals surface area contributed by atoms with Gasteiger partial charge in [-0.25, -0.2) is 10.4 Å². The largest absolute Gasteiger partial charge is 0.508 e. The number of hydrogen-bond donors (Lipinski definition) is 2. The molecule has 3 aromatic rings. The third-order valence-electron chi connectivity index (χ3n) is 2.90. The molecule has 23 heavy (non-hydrogen) atoms. The van der Waals surface area contributed by atoms with Gasteiger partial charge in [0.2, 0.25) is 0 Å². The molecule has 0 fully saturated rings. The van der Waals surface area contributed by atoms with Gasteiger partial charge in [-0.2, -0.15) is 5.10 Å². The van der Waals surface area contributed by atoms with Crippen LogP contribution in [0.1, 0.15) is 5.56 Å². The Labute approximate surface area is 136 Å². The van der Waals surface area contributed by atoms with E-state index in [0.717, 1.165) is 11.1 Å². The average molecular weight is 327 g/mol. The van der Waals surface area contributed by atoms with Crippen molar-refractivity contribution in [3.63, 3.8) is 0 Å². The van der Waals surface area contributed by atoms with Crippen LogP contribution in [0.25, 0.3) is 11.1 Å². The van der Waals surface area contributed by atoms with Crippen LogP contribution in [-0.4, -0.2) is 28.0 Å². The molecule has 1 heterocycles. The van der Waals surface area contributed by atoms with Crippen LogP contribution >= 0.6 is 11.8 Å². The molecule has 0 aliphatic carbocycles. The van der Waals surface area contributed by atoms with Crippen LogP contribution < -0.4 is 5.43 Å². The lowest BCUT2D eigenvalue weighted by molar-refractivity contribution is -0.118. The highest BCUT2D eigenvalue weighted by Gasteiger charge is 2.08. The Bertz CT molecular complexity index is 810. The Balaban J connectivity index is 1.50. The summed E-state index contributed by atoms with van der Waals surface area (Å²) in [5.41, 5.74) is 4.66. The van der Waals surface area contributed by atoms with E-state index in [9.17, 15) is 4.79 Å². The van der Waals surface area contributed by atoms with Crippen molar-refractivity contribution in [2.45, 2.75) is 5.22 Å². The van der Waals surface area contributed by atoms with Gasteiger partial charge in [0.25, 0.3) is 11.1 Å². The monoisotopic (exact) mass is 327 g/mol. The van der Waals surface area contributed by atoms with E-state index in [2.05, 4.69) is 15.5 Å². The number of amides is 1. The fraction of sp³-hybridized carbons (Fsp3) is 0.0625. The van der Waals surface area contributed by atoms with Gasteiger partial charge in [-0.05, 0) is 42.0 Å². The van der Waals surface area contributed by atoms with Crippen molar-refractivity contribution in [1.82, 2.24) is 10.4 Å².